The maximum absolute atomic E-state index is 10.9. The maximum atomic E-state index is 10.9. The average Bonchev–Trinajstić information content (AvgIpc) is 2.30. The molecule has 0 atom stereocenters. The fourth-order valence-electron chi connectivity index (χ4n) is 1.64. The summed E-state index contributed by atoms with van der Waals surface area (Å²) in [5, 5.41) is 0.658. The Labute approximate surface area is 98.7 Å². The molecular formula is C13H10ClNO. The van der Waals surface area contributed by atoms with Crippen molar-refractivity contribution in [3.63, 3.8) is 0 Å². The second-order valence-electron chi connectivity index (χ2n) is 3.44. The van der Waals surface area contributed by atoms with Crippen molar-refractivity contribution < 1.29 is 4.79 Å². The number of aldehydes is 1. The highest BCUT2D eigenvalue weighted by Crippen LogP contribution is 2.29. The van der Waals surface area contributed by atoms with Crippen molar-refractivity contribution in [1.82, 2.24) is 0 Å². The number of carbonyl (C=O) groups excluding carboxylic acids is 1. The first-order valence-electron chi connectivity index (χ1n) is 4.82. The molecule has 0 aliphatic heterocycles. The fourth-order valence-corrected chi connectivity index (χ4v) is 1.76. The summed E-state index contributed by atoms with van der Waals surface area (Å²) >= 11 is 5.81. The van der Waals surface area contributed by atoms with Crippen LogP contribution in [0.25, 0.3) is 11.1 Å². The van der Waals surface area contributed by atoms with E-state index in [0.29, 0.717) is 16.3 Å². The topological polar surface area (TPSA) is 43.1 Å². The zero-order chi connectivity index (χ0) is 11.5. The highest BCUT2D eigenvalue weighted by Gasteiger charge is 2.07. The third kappa shape index (κ3) is 1.92. The first-order chi connectivity index (χ1) is 7.72. The third-order valence-corrected chi connectivity index (χ3v) is 2.64. The van der Waals surface area contributed by atoms with Crippen LogP contribution in [0.15, 0.2) is 42.5 Å². The van der Waals surface area contributed by atoms with Crippen LogP contribution in [0.1, 0.15) is 10.4 Å². The van der Waals surface area contributed by atoms with Crippen molar-refractivity contribution in [2.24, 2.45) is 0 Å². The lowest BCUT2D eigenvalue weighted by Crippen LogP contribution is -1.94. The molecule has 2 nitrogen and oxygen atoms in total. The molecule has 0 radical (unpaired) electrons. The Morgan fingerprint density at radius 1 is 1.06 bits per heavy atom. The minimum Gasteiger partial charge on any atom is -0.398 e. The maximum Gasteiger partial charge on any atom is 0.150 e. The summed E-state index contributed by atoms with van der Waals surface area (Å²) in [7, 11) is 0. The van der Waals surface area contributed by atoms with E-state index >= 15 is 0 Å². The fraction of sp³-hybridized carbons (Fsp3) is 0. The Hall–Kier alpha value is -1.80. The number of hydrogen-bond acceptors (Lipinski definition) is 2. The lowest BCUT2D eigenvalue weighted by atomic mass is 9.99. The van der Waals surface area contributed by atoms with E-state index in [2.05, 4.69) is 0 Å². The van der Waals surface area contributed by atoms with Crippen molar-refractivity contribution in [1.29, 1.82) is 0 Å². The molecule has 0 aliphatic rings. The minimum absolute atomic E-state index is 0.585. The van der Waals surface area contributed by atoms with Gasteiger partial charge in [-0.2, -0.15) is 0 Å². The predicted molar refractivity (Wildman–Crippen MR) is 66.7 cm³/mol. The van der Waals surface area contributed by atoms with Crippen LogP contribution in [0.4, 0.5) is 5.69 Å². The Morgan fingerprint density at radius 3 is 2.38 bits per heavy atom. The largest absolute Gasteiger partial charge is 0.398 e. The number of nitrogen functional groups attached to an aromatic ring is 1. The number of rotatable bonds is 2. The summed E-state index contributed by atoms with van der Waals surface area (Å²) in [5.74, 6) is 0. The van der Waals surface area contributed by atoms with Gasteiger partial charge in [0, 0.05) is 21.8 Å². The van der Waals surface area contributed by atoms with Crippen LogP contribution < -0.4 is 5.73 Å². The number of hydrogen-bond donors (Lipinski definition) is 1. The van der Waals surface area contributed by atoms with E-state index < -0.39 is 0 Å². The first kappa shape index (κ1) is 10.7. The molecule has 0 unspecified atom stereocenters. The van der Waals surface area contributed by atoms with E-state index in [1.165, 1.54) is 0 Å². The molecule has 80 valence electrons. The molecule has 0 saturated heterocycles. The van der Waals surface area contributed by atoms with E-state index in [0.717, 1.165) is 17.4 Å². The standard InChI is InChI=1S/C13H10ClNO/c14-11-6-4-9(5-7-11)13-10(8-16)2-1-3-12(13)15/h1-8H,15H2. The second-order valence-corrected chi connectivity index (χ2v) is 3.87. The van der Waals surface area contributed by atoms with Crippen LogP contribution in [-0.2, 0) is 0 Å². The Kier molecular flexibility index (Phi) is 2.93. The van der Waals surface area contributed by atoms with Crippen molar-refractivity contribution in [2.45, 2.75) is 0 Å². The van der Waals surface area contributed by atoms with Crippen LogP contribution in [0.3, 0.4) is 0 Å². The summed E-state index contributed by atoms with van der Waals surface area (Å²) in [6.45, 7) is 0. The quantitative estimate of drug-likeness (QED) is 0.636. The third-order valence-electron chi connectivity index (χ3n) is 2.39. The zero-order valence-corrected chi connectivity index (χ0v) is 9.24. The molecule has 0 aromatic heterocycles. The van der Waals surface area contributed by atoms with Crippen LogP contribution >= 0.6 is 11.6 Å². The van der Waals surface area contributed by atoms with Gasteiger partial charge in [0.1, 0.15) is 0 Å². The number of benzene rings is 2. The van der Waals surface area contributed by atoms with E-state index in [9.17, 15) is 4.79 Å². The van der Waals surface area contributed by atoms with Crippen molar-refractivity contribution in [3.8, 4) is 11.1 Å². The van der Waals surface area contributed by atoms with E-state index in [1.807, 2.05) is 12.1 Å². The van der Waals surface area contributed by atoms with Gasteiger partial charge in [0.25, 0.3) is 0 Å². The van der Waals surface area contributed by atoms with Gasteiger partial charge in [0.2, 0.25) is 0 Å². The van der Waals surface area contributed by atoms with E-state index in [1.54, 1.807) is 30.3 Å². The second kappa shape index (κ2) is 4.37. The molecule has 0 aliphatic carbocycles. The predicted octanol–water partition coefficient (Wildman–Crippen LogP) is 3.40. The van der Waals surface area contributed by atoms with E-state index in [-0.39, 0.29) is 0 Å². The van der Waals surface area contributed by atoms with Gasteiger partial charge in [0.05, 0.1) is 0 Å². The van der Waals surface area contributed by atoms with Gasteiger partial charge in [-0.1, -0.05) is 35.9 Å². The number of nitrogens with two attached hydrogens (primary N) is 1. The summed E-state index contributed by atoms with van der Waals surface area (Å²) in [6.07, 6.45) is 0.806. The summed E-state index contributed by atoms with van der Waals surface area (Å²) in [4.78, 5) is 10.9. The van der Waals surface area contributed by atoms with Gasteiger partial charge in [-0.15, -0.1) is 0 Å². The molecule has 2 N–H and O–H groups in total. The zero-order valence-electron chi connectivity index (χ0n) is 8.48. The smallest absolute Gasteiger partial charge is 0.150 e. The lowest BCUT2D eigenvalue weighted by molar-refractivity contribution is 0.112. The number of halogens is 1. The molecule has 2 rings (SSSR count). The van der Waals surface area contributed by atoms with Crippen molar-refractivity contribution >= 4 is 23.6 Å². The molecule has 2 aromatic rings. The number of anilines is 1. The molecular weight excluding hydrogens is 222 g/mol. The molecule has 2 aromatic carbocycles. The highest BCUT2D eigenvalue weighted by molar-refractivity contribution is 6.30. The van der Waals surface area contributed by atoms with Crippen molar-refractivity contribution in [3.05, 3.63) is 53.1 Å². The molecule has 0 saturated carbocycles. The van der Waals surface area contributed by atoms with E-state index in [4.69, 9.17) is 17.3 Å². The highest BCUT2D eigenvalue weighted by atomic mass is 35.5. The normalized spacial score (nSPS) is 10.1. The van der Waals surface area contributed by atoms with Gasteiger partial charge in [-0.25, -0.2) is 0 Å². The molecule has 0 fully saturated rings. The first-order valence-corrected chi connectivity index (χ1v) is 5.20. The molecule has 3 heteroatoms. The molecule has 0 heterocycles. The summed E-state index contributed by atoms with van der Waals surface area (Å²) in [5.41, 5.74) is 8.70. The van der Waals surface area contributed by atoms with Crippen molar-refractivity contribution in [2.75, 3.05) is 5.73 Å². The van der Waals surface area contributed by atoms with Gasteiger partial charge < -0.3 is 5.73 Å². The number of carbonyl (C=O) groups is 1. The van der Waals surface area contributed by atoms with Crippen LogP contribution in [0, 0.1) is 0 Å². The summed E-state index contributed by atoms with van der Waals surface area (Å²) < 4.78 is 0. The minimum atomic E-state index is 0.585. The lowest BCUT2D eigenvalue weighted by Gasteiger charge is -2.08. The molecule has 0 amide bonds. The van der Waals surface area contributed by atoms with Crippen LogP contribution in [0.2, 0.25) is 5.02 Å². The molecule has 0 spiro atoms. The van der Waals surface area contributed by atoms with Crippen LogP contribution in [0.5, 0.6) is 0 Å². The molecule has 0 bridgehead atoms. The summed E-state index contributed by atoms with van der Waals surface area (Å²) in [6, 6.07) is 12.5. The Balaban J connectivity index is 2.63. The van der Waals surface area contributed by atoms with Gasteiger partial charge in [0.15, 0.2) is 6.29 Å². The average molecular weight is 232 g/mol. The Morgan fingerprint density at radius 2 is 1.75 bits per heavy atom. The molecule has 16 heavy (non-hydrogen) atoms. The Bertz CT molecular complexity index is 520. The van der Waals surface area contributed by atoms with Crippen LogP contribution in [-0.4, -0.2) is 6.29 Å². The monoisotopic (exact) mass is 231 g/mol. The van der Waals surface area contributed by atoms with Gasteiger partial charge >= 0.3 is 0 Å². The van der Waals surface area contributed by atoms with Gasteiger partial charge in [-0.05, 0) is 23.8 Å². The SMILES string of the molecule is Nc1cccc(C=O)c1-c1ccc(Cl)cc1. The van der Waals surface area contributed by atoms with Gasteiger partial charge in [-0.3, -0.25) is 4.79 Å².